The first-order chi connectivity index (χ1) is 18.2. The van der Waals surface area contributed by atoms with Crippen LogP contribution in [0.5, 0.6) is 11.5 Å². The third kappa shape index (κ3) is 12.2. The van der Waals surface area contributed by atoms with Gasteiger partial charge in [-0.05, 0) is 61.6 Å². The van der Waals surface area contributed by atoms with Gasteiger partial charge in [0, 0.05) is 36.2 Å². The molecule has 0 saturated carbocycles. The number of hydrogen-bond acceptors (Lipinski definition) is 5. The first kappa shape index (κ1) is 31.5. The van der Waals surface area contributed by atoms with Crippen molar-refractivity contribution >= 4 is 35.2 Å². The number of carboxylic acids is 1. The number of carbonyl (C=O) groups is 2. The van der Waals surface area contributed by atoms with Crippen LogP contribution < -0.4 is 14.8 Å². The Morgan fingerprint density at radius 3 is 2.21 bits per heavy atom. The van der Waals surface area contributed by atoms with Crippen LogP contribution in [0.1, 0.15) is 39.2 Å². The van der Waals surface area contributed by atoms with E-state index < -0.39 is 12.1 Å². The van der Waals surface area contributed by atoms with Crippen LogP contribution in [0.3, 0.4) is 0 Å². The number of amides is 2. The van der Waals surface area contributed by atoms with Crippen LogP contribution in [0.15, 0.2) is 42.5 Å². The van der Waals surface area contributed by atoms with Crippen molar-refractivity contribution < 1.29 is 28.9 Å². The summed E-state index contributed by atoms with van der Waals surface area (Å²) in [6.07, 6.45) is 0.905. The molecule has 0 aliphatic rings. The van der Waals surface area contributed by atoms with Crippen molar-refractivity contribution in [2.24, 2.45) is 5.92 Å². The number of carboxylic acid groups (broad SMARTS) is 1. The summed E-state index contributed by atoms with van der Waals surface area (Å²) in [7, 11) is 0. The van der Waals surface area contributed by atoms with Crippen LogP contribution in [0.2, 0.25) is 10.0 Å². The van der Waals surface area contributed by atoms with E-state index in [0.29, 0.717) is 66.9 Å². The number of carbonyl (C=O) groups excluding carboxylic acids is 1. The van der Waals surface area contributed by atoms with Crippen molar-refractivity contribution in [1.82, 2.24) is 10.2 Å². The number of ether oxygens (including phenoxy) is 3. The Bertz CT molecular complexity index is 983. The van der Waals surface area contributed by atoms with Crippen molar-refractivity contribution in [3.05, 3.63) is 58.1 Å². The summed E-state index contributed by atoms with van der Waals surface area (Å²) >= 11 is 12.0. The van der Waals surface area contributed by atoms with E-state index in [9.17, 15) is 14.7 Å². The molecule has 2 amide bonds. The molecule has 1 unspecified atom stereocenters. The van der Waals surface area contributed by atoms with Gasteiger partial charge in [0.2, 0.25) is 0 Å². The maximum atomic E-state index is 12.7. The van der Waals surface area contributed by atoms with Gasteiger partial charge >= 0.3 is 12.0 Å². The number of hydrogen-bond donors (Lipinski definition) is 2. The molecule has 2 aromatic rings. The molecule has 0 spiro atoms. The summed E-state index contributed by atoms with van der Waals surface area (Å²) in [5, 5.41) is 13.3. The largest absolute Gasteiger partial charge is 0.493 e. The van der Waals surface area contributed by atoms with Crippen molar-refractivity contribution in [3.63, 3.8) is 0 Å². The monoisotopic (exact) mass is 568 g/mol. The minimum Gasteiger partial charge on any atom is -0.493 e. The van der Waals surface area contributed by atoms with Crippen molar-refractivity contribution in [2.75, 3.05) is 39.5 Å². The molecule has 38 heavy (non-hydrogen) atoms. The number of halogens is 2. The average molecular weight is 570 g/mol. The quantitative estimate of drug-likeness (QED) is 0.229. The maximum absolute atomic E-state index is 12.7. The van der Waals surface area contributed by atoms with Crippen molar-refractivity contribution in [1.29, 1.82) is 0 Å². The molecule has 1 atom stereocenters. The zero-order valence-corrected chi connectivity index (χ0v) is 23.8. The third-order valence-electron chi connectivity index (χ3n) is 5.49. The van der Waals surface area contributed by atoms with Crippen LogP contribution in [-0.2, 0) is 16.0 Å². The number of benzene rings is 2. The summed E-state index contributed by atoms with van der Waals surface area (Å²) in [5.74, 6) is 0.623. The Morgan fingerprint density at radius 1 is 0.947 bits per heavy atom. The zero-order chi connectivity index (χ0) is 27.9. The first-order valence-electron chi connectivity index (χ1n) is 12.9. The lowest BCUT2D eigenvalue weighted by Crippen LogP contribution is -2.43. The number of aliphatic carboxylic acids is 1. The minimum absolute atomic E-state index is 0.129. The fourth-order valence-electron chi connectivity index (χ4n) is 3.55. The number of nitrogens with zero attached hydrogens (tertiary/aromatic N) is 1. The van der Waals surface area contributed by atoms with Crippen molar-refractivity contribution in [2.45, 2.75) is 46.1 Å². The predicted molar refractivity (Wildman–Crippen MR) is 150 cm³/mol. The molecule has 0 saturated heterocycles. The summed E-state index contributed by atoms with van der Waals surface area (Å²) < 4.78 is 16.9. The molecule has 2 N–H and O–H groups in total. The molecule has 8 nitrogen and oxygen atoms in total. The van der Waals surface area contributed by atoms with Gasteiger partial charge in [-0.2, -0.15) is 0 Å². The second-order valence-electron chi connectivity index (χ2n) is 9.21. The highest BCUT2D eigenvalue weighted by atomic mass is 35.5. The molecule has 0 radical (unpaired) electrons. The highest BCUT2D eigenvalue weighted by Crippen LogP contribution is 2.24. The summed E-state index contributed by atoms with van der Waals surface area (Å²) in [5.41, 5.74) is 0.843. The van der Waals surface area contributed by atoms with E-state index >= 15 is 0 Å². The van der Waals surface area contributed by atoms with Crippen LogP contribution in [0.25, 0.3) is 0 Å². The highest BCUT2D eigenvalue weighted by molar-refractivity contribution is 6.34. The predicted octanol–water partition coefficient (Wildman–Crippen LogP) is 5.93. The zero-order valence-electron chi connectivity index (χ0n) is 22.3. The van der Waals surface area contributed by atoms with E-state index in [1.165, 1.54) is 0 Å². The van der Waals surface area contributed by atoms with Crippen LogP contribution in [0.4, 0.5) is 4.79 Å². The summed E-state index contributed by atoms with van der Waals surface area (Å²) in [4.78, 5) is 25.8. The molecule has 0 heterocycles. The van der Waals surface area contributed by atoms with E-state index in [-0.39, 0.29) is 12.5 Å². The average Bonchev–Trinajstić information content (AvgIpc) is 2.86. The van der Waals surface area contributed by atoms with Gasteiger partial charge in [0.1, 0.15) is 18.1 Å². The Morgan fingerprint density at radius 2 is 1.61 bits per heavy atom. The van der Waals surface area contributed by atoms with Gasteiger partial charge < -0.3 is 29.5 Å². The number of urea groups is 1. The molecule has 0 aromatic heterocycles. The number of nitrogens with one attached hydrogen (secondary N) is 1. The molecular formula is C28H38Cl2N2O6. The van der Waals surface area contributed by atoms with E-state index in [4.69, 9.17) is 37.4 Å². The Labute approximate surface area is 235 Å². The first-order valence-corrected chi connectivity index (χ1v) is 13.6. The molecule has 2 aromatic carbocycles. The molecule has 0 bridgehead atoms. The molecule has 0 aliphatic heterocycles. The van der Waals surface area contributed by atoms with Gasteiger partial charge in [-0.25, -0.2) is 9.59 Å². The second-order valence-corrected chi connectivity index (χ2v) is 10.1. The van der Waals surface area contributed by atoms with Gasteiger partial charge in [0.25, 0.3) is 0 Å². The van der Waals surface area contributed by atoms with Gasteiger partial charge in [0.05, 0.1) is 13.2 Å². The van der Waals surface area contributed by atoms with E-state index in [1.54, 1.807) is 42.2 Å². The molecule has 210 valence electrons. The lowest BCUT2D eigenvalue weighted by Gasteiger charge is -2.24. The van der Waals surface area contributed by atoms with Gasteiger partial charge in [-0.3, -0.25) is 0 Å². The van der Waals surface area contributed by atoms with Crippen LogP contribution in [0, 0.1) is 5.92 Å². The lowest BCUT2D eigenvalue weighted by atomic mass is 10.1. The minimum atomic E-state index is -0.983. The number of unbranched alkanes of at least 4 members (excludes halogenated alkanes) is 1. The molecular weight excluding hydrogens is 531 g/mol. The fourth-order valence-corrected chi connectivity index (χ4v) is 4.06. The molecule has 0 aliphatic carbocycles. The van der Waals surface area contributed by atoms with Crippen LogP contribution >= 0.6 is 23.2 Å². The second kappa shape index (κ2) is 17.0. The summed E-state index contributed by atoms with van der Waals surface area (Å²) in [6.45, 7) is 8.56. The Hall–Kier alpha value is -2.68. The standard InChI is InChI=1S/C28H38Cl2N2O6/c1-4-36-26(27(33)34)15-21-7-9-24(10-8-21)38-14-12-32(28(35)31-19-20(2)3)11-5-6-13-37-25-17-22(29)16-23(30)18-25/h7-10,16-18,20,26H,4-6,11-15,19H2,1-3H3,(H,31,35)(H,33,34). The van der Waals surface area contributed by atoms with Gasteiger partial charge in [-0.1, -0.05) is 49.2 Å². The van der Waals surface area contributed by atoms with Crippen LogP contribution in [-0.4, -0.2) is 67.6 Å². The van der Waals surface area contributed by atoms with Crippen molar-refractivity contribution in [3.8, 4) is 11.5 Å². The number of rotatable bonds is 17. The normalized spacial score (nSPS) is 11.7. The SMILES string of the molecule is CCOC(Cc1ccc(OCCN(CCCCOc2cc(Cl)cc(Cl)c2)C(=O)NCC(C)C)cc1)C(=O)O. The molecule has 0 fully saturated rings. The molecule has 2 rings (SSSR count). The summed E-state index contributed by atoms with van der Waals surface area (Å²) in [6, 6.07) is 12.2. The third-order valence-corrected chi connectivity index (χ3v) is 5.93. The smallest absolute Gasteiger partial charge is 0.333 e. The molecule has 10 heteroatoms. The highest BCUT2D eigenvalue weighted by Gasteiger charge is 2.18. The fraction of sp³-hybridized carbons (Fsp3) is 0.500. The van der Waals surface area contributed by atoms with E-state index in [2.05, 4.69) is 5.32 Å². The topological polar surface area (TPSA) is 97.3 Å². The Kier molecular flexibility index (Phi) is 14.1. The van der Waals surface area contributed by atoms with Gasteiger partial charge in [0.15, 0.2) is 6.10 Å². The van der Waals surface area contributed by atoms with Gasteiger partial charge in [-0.15, -0.1) is 0 Å². The Balaban J connectivity index is 1.83. The maximum Gasteiger partial charge on any atom is 0.333 e. The lowest BCUT2D eigenvalue weighted by molar-refractivity contribution is -0.149. The van der Waals surface area contributed by atoms with E-state index in [0.717, 1.165) is 18.4 Å². The van der Waals surface area contributed by atoms with E-state index in [1.807, 2.05) is 26.0 Å².